The zero-order chi connectivity index (χ0) is 14.2. The van der Waals surface area contributed by atoms with Crippen molar-refractivity contribution in [1.29, 1.82) is 0 Å². The highest BCUT2D eigenvalue weighted by Gasteiger charge is 2.32. The first-order valence-corrected chi connectivity index (χ1v) is 7.69. The molecule has 2 rings (SSSR count). The normalized spacial score (nSPS) is 29.5. The van der Waals surface area contributed by atoms with Crippen molar-refractivity contribution in [2.24, 2.45) is 17.8 Å². The van der Waals surface area contributed by atoms with E-state index in [1.165, 1.54) is 30.4 Å². The topological polar surface area (TPSA) is 25.2 Å². The summed E-state index contributed by atoms with van der Waals surface area (Å²) in [7, 11) is 2.09. The molecule has 0 radical (unpaired) electrons. The zero-order valence-electron chi connectivity index (χ0n) is 13.3. The van der Waals surface area contributed by atoms with E-state index < -0.39 is 0 Å². The fourth-order valence-electron chi connectivity index (χ4n) is 3.77. The minimum atomic E-state index is 0.451. The van der Waals surface area contributed by atoms with Crippen molar-refractivity contribution in [2.75, 3.05) is 7.05 Å². The maximum atomic E-state index is 5.83. The van der Waals surface area contributed by atoms with Crippen LogP contribution in [0.4, 0.5) is 0 Å². The molecule has 0 spiro atoms. The van der Waals surface area contributed by atoms with Crippen LogP contribution in [0.5, 0.6) is 0 Å². The highest BCUT2D eigenvalue weighted by atomic mass is 16.3. The van der Waals surface area contributed by atoms with E-state index in [0.29, 0.717) is 6.04 Å². The van der Waals surface area contributed by atoms with Gasteiger partial charge in [0.15, 0.2) is 0 Å². The molecule has 1 aliphatic rings. The van der Waals surface area contributed by atoms with Crippen LogP contribution in [0.2, 0.25) is 0 Å². The van der Waals surface area contributed by atoms with E-state index in [9.17, 15) is 0 Å². The van der Waals surface area contributed by atoms with E-state index in [1.54, 1.807) is 0 Å². The summed E-state index contributed by atoms with van der Waals surface area (Å²) in [5.74, 6) is 4.63. The van der Waals surface area contributed by atoms with E-state index in [4.69, 9.17) is 4.42 Å². The average molecular weight is 263 g/mol. The van der Waals surface area contributed by atoms with Gasteiger partial charge in [-0.25, -0.2) is 0 Å². The van der Waals surface area contributed by atoms with E-state index in [2.05, 4.69) is 47.0 Å². The van der Waals surface area contributed by atoms with Crippen LogP contribution in [-0.4, -0.2) is 7.05 Å². The number of aryl methyl sites for hydroxylation is 2. The van der Waals surface area contributed by atoms with Gasteiger partial charge in [-0.1, -0.05) is 20.3 Å². The molecule has 0 aliphatic heterocycles. The van der Waals surface area contributed by atoms with Gasteiger partial charge in [0, 0.05) is 11.6 Å². The van der Waals surface area contributed by atoms with Gasteiger partial charge >= 0.3 is 0 Å². The molecule has 2 heteroatoms. The molecule has 1 heterocycles. The molecule has 4 atom stereocenters. The summed E-state index contributed by atoms with van der Waals surface area (Å²) >= 11 is 0. The SMILES string of the molecule is CNC(c1c(C)oc(C)c1C)C1CCC(C)C(C)C1. The third-order valence-corrected chi connectivity index (χ3v) is 5.35. The third-order valence-electron chi connectivity index (χ3n) is 5.35. The van der Waals surface area contributed by atoms with Gasteiger partial charge in [-0.05, 0) is 64.0 Å². The van der Waals surface area contributed by atoms with Crippen LogP contribution in [0.15, 0.2) is 4.42 Å². The summed E-state index contributed by atoms with van der Waals surface area (Å²) < 4.78 is 5.83. The molecule has 19 heavy (non-hydrogen) atoms. The van der Waals surface area contributed by atoms with Crippen LogP contribution in [0, 0.1) is 38.5 Å². The number of rotatable bonds is 3. The second-order valence-corrected chi connectivity index (χ2v) is 6.55. The monoisotopic (exact) mass is 263 g/mol. The maximum Gasteiger partial charge on any atom is 0.106 e. The highest BCUT2D eigenvalue weighted by Crippen LogP contribution is 2.42. The summed E-state index contributed by atoms with van der Waals surface area (Å²) in [5.41, 5.74) is 2.75. The van der Waals surface area contributed by atoms with Crippen molar-refractivity contribution in [3.63, 3.8) is 0 Å². The molecule has 1 saturated carbocycles. The lowest BCUT2D eigenvalue weighted by molar-refractivity contribution is 0.174. The van der Waals surface area contributed by atoms with Gasteiger partial charge in [-0.2, -0.15) is 0 Å². The Balaban J connectivity index is 2.25. The minimum absolute atomic E-state index is 0.451. The Morgan fingerprint density at radius 2 is 1.74 bits per heavy atom. The zero-order valence-corrected chi connectivity index (χ0v) is 13.3. The molecular weight excluding hydrogens is 234 g/mol. The Hall–Kier alpha value is -0.760. The Kier molecular flexibility index (Phi) is 4.39. The molecule has 0 amide bonds. The van der Waals surface area contributed by atoms with Crippen molar-refractivity contribution >= 4 is 0 Å². The van der Waals surface area contributed by atoms with E-state index in [0.717, 1.165) is 29.3 Å². The highest BCUT2D eigenvalue weighted by molar-refractivity contribution is 5.34. The van der Waals surface area contributed by atoms with Crippen molar-refractivity contribution in [3.8, 4) is 0 Å². The van der Waals surface area contributed by atoms with Crippen LogP contribution in [0.3, 0.4) is 0 Å². The summed E-state index contributed by atoms with van der Waals surface area (Å²) in [4.78, 5) is 0. The van der Waals surface area contributed by atoms with E-state index >= 15 is 0 Å². The van der Waals surface area contributed by atoms with Gasteiger partial charge in [0.2, 0.25) is 0 Å². The van der Waals surface area contributed by atoms with Crippen molar-refractivity contribution in [3.05, 3.63) is 22.6 Å². The largest absolute Gasteiger partial charge is 0.466 e. The molecule has 1 N–H and O–H groups in total. The van der Waals surface area contributed by atoms with Crippen LogP contribution >= 0.6 is 0 Å². The second-order valence-electron chi connectivity index (χ2n) is 6.55. The van der Waals surface area contributed by atoms with Crippen LogP contribution < -0.4 is 5.32 Å². The quantitative estimate of drug-likeness (QED) is 0.866. The van der Waals surface area contributed by atoms with Gasteiger partial charge in [-0.3, -0.25) is 0 Å². The van der Waals surface area contributed by atoms with Crippen molar-refractivity contribution in [2.45, 2.75) is 59.9 Å². The van der Waals surface area contributed by atoms with E-state index in [1.807, 2.05) is 0 Å². The molecule has 0 saturated heterocycles. The lowest BCUT2D eigenvalue weighted by Crippen LogP contribution is -2.32. The summed E-state index contributed by atoms with van der Waals surface area (Å²) in [6.07, 6.45) is 4.02. The Bertz CT molecular complexity index is 435. The molecule has 1 aliphatic carbocycles. The number of furan rings is 1. The third kappa shape index (κ3) is 2.74. The predicted octanol–water partition coefficient (Wildman–Crippen LogP) is 4.54. The molecule has 1 aromatic rings. The lowest BCUT2D eigenvalue weighted by Gasteiger charge is -2.37. The fourth-order valence-corrected chi connectivity index (χ4v) is 3.77. The van der Waals surface area contributed by atoms with Gasteiger partial charge in [0.1, 0.15) is 11.5 Å². The first kappa shape index (κ1) is 14.6. The summed E-state index contributed by atoms with van der Waals surface area (Å²) in [5, 5.41) is 3.56. The lowest BCUT2D eigenvalue weighted by atomic mass is 9.71. The van der Waals surface area contributed by atoms with E-state index in [-0.39, 0.29) is 0 Å². The standard InChI is InChI=1S/C17H29NO/c1-10-7-8-15(9-11(10)2)17(18-6)16-12(3)13(4)19-14(16)5/h10-11,15,17-18H,7-9H2,1-6H3. The van der Waals surface area contributed by atoms with Crippen LogP contribution in [0.25, 0.3) is 0 Å². The first-order chi connectivity index (χ1) is 8.95. The molecule has 1 aromatic heterocycles. The summed E-state index contributed by atoms with van der Waals surface area (Å²) in [6.45, 7) is 11.2. The van der Waals surface area contributed by atoms with Gasteiger partial charge in [0.25, 0.3) is 0 Å². The molecule has 108 valence electrons. The molecular formula is C17H29NO. The Morgan fingerprint density at radius 3 is 2.21 bits per heavy atom. The van der Waals surface area contributed by atoms with Gasteiger partial charge < -0.3 is 9.73 Å². The Morgan fingerprint density at radius 1 is 1.05 bits per heavy atom. The molecule has 4 unspecified atom stereocenters. The first-order valence-electron chi connectivity index (χ1n) is 7.69. The van der Waals surface area contributed by atoms with Crippen LogP contribution in [-0.2, 0) is 0 Å². The van der Waals surface area contributed by atoms with Gasteiger partial charge in [0.05, 0.1) is 0 Å². The number of nitrogens with one attached hydrogen (secondary N) is 1. The van der Waals surface area contributed by atoms with Gasteiger partial charge in [-0.15, -0.1) is 0 Å². The smallest absolute Gasteiger partial charge is 0.106 e. The maximum absolute atomic E-state index is 5.83. The Labute approximate surface area is 118 Å². The molecule has 0 bridgehead atoms. The predicted molar refractivity (Wildman–Crippen MR) is 80.4 cm³/mol. The summed E-state index contributed by atoms with van der Waals surface area (Å²) in [6, 6.07) is 0.451. The molecule has 0 aromatic carbocycles. The molecule has 2 nitrogen and oxygen atoms in total. The number of hydrogen-bond donors (Lipinski definition) is 1. The van der Waals surface area contributed by atoms with Crippen molar-refractivity contribution < 1.29 is 4.42 Å². The molecule has 1 fully saturated rings. The number of hydrogen-bond acceptors (Lipinski definition) is 2. The average Bonchev–Trinajstić information content (AvgIpc) is 2.61. The minimum Gasteiger partial charge on any atom is -0.466 e. The van der Waals surface area contributed by atoms with Crippen molar-refractivity contribution in [1.82, 2.24) is 5.32 Å². The second kappa shape index (κ2) is 5.70. The van der Waals surface area contributed by atoms with Crippen LogP contribution in [0.1, 0.15) is 61.8 Å². The fraction of sp³-hybridized carbons (Fsp3) is 0.765.